The summed E-state index contributed by atoms with van der Waals surface area (Å²) in [7, 11) is 0. The average molecular weight is 341 g/mol. The van der Waals surface area contributed by atoms with Gasteiger partial charge >= 0.3 is 0 Å². The van der Waals surface area contributed by atoms with Gasteiger partial charge in [0, 0.05) is 38.3 Å². The first kappa shape index (κ1) is 16.3. The van der Waals surface area contributed by atoms with Crippen LogP contribution in [0.5, 0.6) is 11.6 Å². The molecule has 4 rings (SSSR count). The van der Waals surface area contributed by atoms with Crippen LogP contribution in [-0.4, -0.2) is 42.1 Å². The van der Waals surface area contributed by atoms with Crippen LogP contribution in [0.15, 0.2) is 42.5 Å². The van der Waals surface area contributed by atoms with Crippen LogP contribution in [0, 0.1) is 5.82 Å². The van der Waals surface area contributed by atoms with Crippen molar-refractivity contribution in [2.24, 2.45) is 0 Å². The third kappa shape index (κ3) is 3.93. The Morgan fingerprint density at radius 1 is 0.920 bits per heavy atom. The van der Waals surface area contributed by atoms with Crippen LogP contribution >= 0.6 is 0 Å². The van der Waals surface area contributed by atoms with E-state index in [-0.39, 0.29) is 5.82 Å². The lowest BCUT2D eigenvalue weighted by Gasteiger charge is -2.36. The smallest absolute Gasteiger partial charge is 0.221 e. The lowest BCUT2D eigenvalue weighted by Crippen LogP contribution is -2.42. The van der Waals surface area contributed by atoms with E-state index in [0.29, 0.717) is 11.6 Å². The molecule has 2 aromatic rings. The second kappa shape index (κ2) is 7.40. The van der Waals surface area contributed by atoms with Crippen molar-refractivity contribution in [3.05, 3.63) is 48.3 Å². The van der Waals surface area contributed by atoms with Gasteiger partial charge in [0.2, 0.25) is 5.88 Å². The molecule has 132 valence electrons. The van der Waals surface area contributed by atoms with Crippen LogP contribution in [0.4, 0.5) is 10.2 Å². The molecule has 1 saturated carbocycles. The first-order chi connectivity index (χ1) is 12.3. The molecule has 1 aliphatic carbocycles. The molecule has 0 bridgehead atoms. The van der Waals surface area contributed by atoms with Gasteiger partial charge in [0.1, 0.15) is 17.4 Å². The number of hydrogen-bond donors (Lipinski definition) is 0. The third-order valence-corrected chi connectivity index (χ3v) is 5.19. The highest BCUT2D eigenvalue weighted by Gasteiger charge is 2.26. The van der Waals surface area contributed by atoms with Gasteiger partial charge < -0.3 is 9.64 Å². The summed E-state index contributed by atoms with van der Waals surface area (Å²) in [5, 5.41) is 0. The summed E-state index contributed by atoms with van der Waals surface area (Å²) < 4.78 is 18.8. The average Bonchev–Trinajstić information content (AvgIpc) is 2.82. The molecule has 0 radical (unpaired) electrons. The first-order valence-corrected chi connectivity index (χ1v) is 9.17. The molecule has 1 aromatic heterocycles. The molecule has 25 heavy (non-hydrogen) atoms. The van der Waals surface area contributed by atoms with Gasteiger partial charge in [0.15, 0.2) is 0 Å². The fourth-order valence-electron chi connectivity index (χ4n) is 3.54. The topological polar surface area (TPSA) is 28.6 Å². The molecule has 2 heterocycles. The summed E-state index contributed by atoms with van der Waals surface area (Å²) in [6, 6.07) is 12.7. The lowest BCUT2D eigenvalue weighted by atomic mass is 9.91. The fourth-order valence-corrected chi connectivity index (χ4v) is 3.54. The summed E-state index contributed by atoms with van der Waals surface area (Å²) in [6.45, 7) is 4.32. The van der Waals surface area contributed by atoms with E-state index in [0.717, 1.165) is 31.5 Å². The Bertz CT molecular complexity index is 702. The van der Waals surface area contributed by atoms with Crippen LogP contribution in [0.1, 0.15) is 25.7 Å². The molecule has 1 aromatic carbocycles. The lowest BCUT2D eigenvalue weighted by molar-refractivity contribution is 0.136. The molecular formula is C20H24FN3O. The highest BCUT2D eigenvalue weighted by atomic mass is 19.1. The predicted octanol–water partition coefficient (Wildman–Crippen LogP) is 4.08. The Labute approximate surface area is 148 Å². The quantitative estimate of drug-likeness (QED) is 0.838. The van der Waals surface area contributed by atoms with Crippen LogP contribution in [0.2, 0.25) is 0 Å². The highest BCUT2D eigenvalue weighted by Crippen LogP contribution is 2.27. The highest BCUT2D eigenvalue weighted by molar-refractivity contribution is 5.42. The summed E-state index contributed by atoms with van der Waals surface area (Å²) in [5.74, 6) is 1.83. The van der Waals surface area contributed by atoms with Gasteiger partial charge in [-0.3, -0.25) is 4.90 Å². The van der Waals surface area contributed by atoms with Gasteiger partial charge in [-0.2, -0.15) is 4.98 Å². The van der Waals surface area contributed by atoms with E-state index < -0.39 is 0 Å². The number of rotatable bonds is 4. The van der Waals surface area contributed by atoms with E-state index >= 15 is 0 Å². The van der Waals surface area contributed by atoms with Crippen molar-refractivity contribution in [1.29, 1.82) is 0 Å². The Hall–Kier alpha value is -2.14. The molecule has 2 fully saturated rings. The van der Waals surface area contributed by atoms with E-state index in [1.807, 2.05) is 18.2 Å². The maximum atomic E-state index is 13.0. The molecule has 0 unspecified atom stereocenters. The molecule has 2 aliphatic rings. The number of pyridine rings is 1. The molecule has 4 nitrogen and oxygen atoms in total. The molecule has 1 saturated heterocycles. The molecule has 0 atom stereocenters. The van der Waals surface area contributed by atoms with E-state index in [1.54, 1.807) is 12.1 Å². The second-order valence-electron chi connectivity index (χ2n) is 6.85. The van der Waals surface area contributed by atoms with E-state index in [2.05, 4.69) is 14.8 Å². The van der Waals surface area contributed by atoms with E-state index in [1.165, 1.54) is 44.4 Å². The van der Waals surface area contributed by atoms with Gasteiger partial charge in [-0.15, -0.1) is 0 Å². The Morgan fingerprint density at radius 3 is 2.52 bits per heavy atom. The zero-order chi connectivity index (χ0) is 17.1. The summed E-state index contributed by atoms with van der Waals surface area (Å²) in [6.07, 6.45) is 5.27. The Morgan fingerprint density at radius 2 is 1.76 bits per heavy atom. The summed E-state index contributed by atoms with van der Waals surface area (Å²) in [5.41, 5.74) is 0. The minimum atomic E-state index is -0.269. The number of nitrogens with zero attached hydrogens (tertiary/aromatic N) is 3. The monoisotopic (exact) mass is 341 g/mol. The largest absolute Gasteiger partial charge is 0.439 e. The molecule has 5 heteroatoms. The Kier molecular flexibility index (Phi) is 4.83. The van der Waals surface area contributed by atoms with Crippen molar-refractivity contribution in [2.75, 3.05) is 31.1 Å². The molecule has 1 aliphatic heterocycles. The number of halogens is 1. The summed E-state index contributed by atoms with van der Waals surface area (Å²) >= 11 is 0. The van der Waals surface area contributed by atoms with Crippen molar-refractivity contribution in [3.8, 4) is 11.6 Å². The molecule has 0 spiro atoms. The molecule has 0 amide bonds. The zero-order valence-electron chi connectivity index (χ0n) is 14.4. The van der Waals surface area contributed by atoms with Crippen molar-refractivity contribution >= 4 is 5.82 Å². The maximum Gasteiger partial charge on any atom is 0.221 e. The SMILES string of the molecule is Fc1ccc(Oc2cccc(N3CCCN(C4CCC4)CC3)n2)cc1. The van der Waals surface area contributed by atoms with Gasteiger partial charge in [0.05, 0.1) is 0 Å². The molecular weight excluding hydrogens is 317 g/mol. The van der Waals surface area contributed by atoms with Crippen molar-refractivity contribution in [2.45, 2.75) is 31.7 Å². The van der Waals surface area contributed by atoms with E-state index in [4.69, 9.17) is 4.74 Å². The first-order valence-electron chi connectivity index (χ1n) is 9.17. The summed E-state index contributed by atoms with van der Waals surface area (Å²) in [4.78, 5) is 9.64. The van der Waals surface area contributed by atoms with E-state index in [9.17, 15) is 4.39 Å². The second-order valence-corrected chi connectivity index (χ2v) is 6.85. The number of benzene rings is 1. The predicted molar refractivity (Wildman–Crippen MR) is 96.8 cm³/mol. The van der Waals surface area contributed by atoms with Gasteiger partial charge in [0.25, 0.3) is 0 Å². The van der Waals surface area contributed by atoms with Crippen LogP contribution in [-0.2, 0) is 0 Å². The third-order valence-electron chi connectivity index (χ3n) is 5.19. The Balaban J connectivity index is 1.42. The van der Waals surface area contributed by atoms with Gasteiger partial charge in [-0.05, 0) is 49.6 Å². The number of aromatic nitrogens is 1. The van der Waals surface area contributed by atoms with Crippen LogP contribution in [0.3, 0.4) is 0 Å². The minimum Gasteiger partial charge on any atom is -0.439 e. The minimum absolute atomic E-state index is 0.269. The van der Waals surface area contributed by atoms with Crippen molar-refractivity contribution in [3.63, 3.8) is 0 Å². The van der Waals surface area contributed by atoms with Crippen LogP contribution < -0.4 is 9.64 Å². The normalized spacial score (nSPS) is 19.3. The standard InChI is InChI=1S/C20H24FN3O/c21-16-8-10-18(11-9-16)25-20-7-2-6-19(22-20)24-13-3-12-23(14-15-24)17-4-1-5-17/h2,6-11,17H,1,3-5,12-15H2. The number of anilines is 1. The van der Waals surface area contributed by atoms with Gasteiger partial charge in [-0.25, -0.2) is 4.39 Å². The number of hydrogen-bond acceptors (Lipinski definition) is 4. The molecule has 0 N–H and O–H groups in total. The maximum absolute atomic E-state index is 13.0. The zero-order valence-corrected chi connectivity index (χ0v) is 14.4. The van der Waals surface area contributed by atoms with Crippen LogP contribution in [0.25, 0.3) is 0 Å². The fraction of sp³-hybridized carbons (Fsp3) is 0.450. The van der Waals surface area contributed by atoms with Crippen molar-refractivity contribution in [1.82, 2.24) is 9.88 Å². The number of ether oxygens (including phenoxy) is 1. The van der Waals surface area contributed by atoms with Gasteiger partial charge in [-0.1, -0.05) is 12.5 Å². The van der Waals surface area contributed by atoms with Crippen molar-refractivity contribution < 1.29 is 9.13 Å².